The minimum Gasteiger partial charge on any atom is -0.371 e. The first-order chi connectivity index (χ1) is 7.71. The number of Topliss-reactive ketones (excluding diaryl/α,β-unsaturated/α-hetero) is 1. The van der Waals surface area contributed by atoms with Crippen LogP contribution in [0.25, 0.3) is 0 Å². The van der Waals surface area contributed by atoms with Crippen molar-refractivity contribution in [2.45, 2.75) is 46.1 Å². The van der Waals surface area contributed by atoms with Crippen molar-refractivity contribution in [3.05, 3.63) is 21.9 Å². The first-order valence-electron chi connectivity index (χ1n) is 5.93. The van der Waals surface area contributed by atoms with Crippen LogP contribution in [0.5, 0.6) is 0 Å². The maximum Gasteiger partial charge on any atom is 0.166 e. The van der Waals surface area contributed by atoms with Gasteiger partial charge in [-0.2, -0.15) is 0 Å². The number of ketones is 1. The molecule has 1 unspecified atom stereocenters. The maximum absolute atomic E-state index is 11.9. The van der Waals surface area contributed by atoms with E-state index in [2.05, 4.69) is 19.1 Å². The average molecular weight is 240 g/mol. The van der Waals surface area contributed by atoms with Gasteiger partial charge in [0.05, 0.1) is 0 Å². The molecule has 0 aliphatic heterocycles. The summed E-state index contributed by atoms with van der Waals surface area (Å²) in [4.78, 5) is 14.4. The second kappa shape index (κ2) is 6.81. The highest BCUT2D eigenvalue weighted by atomic mass is 32.1. The molecule has 1 aromatic rings. The molecule has 0 N–H and O–H groups in total. The van der Waals surface area contributed by atoms with Gasteiger partial charge < -0.3 is 4.74 Å². The topological polar surface area (TPSA) is 26.3 Å². The molecule has 0 saturated heterocycles. The van der Waals surface area contributed by atoms with Crippen LogP contribution >= 0.6 is 11.3 Å². The first-order valence-corrected chi connectivity index (χ1v) is 6.74. The highest BCUT2D eigenvalue weighted by Gasteiger charge is 2.17. The second-order valence-corrected chi connectivity index (χ2v) is 4.97. The summed E-state index contributed by atoms with van der Waals surface area (Å²) in [6, 6.07) is 4.16. The van der Waals surface area contributed by atoms with E-state index in [-0.39, 0.29) is 11.9 Å². The molecule has 2 nitrogen and oxygen atoms in total. The Bertz CT molecular complexity index is 330. The average Bonchev–Trinajstić information content (AvgIpc) is 2.73. The molecule has 16 heavy (non-hydrogen) atoms. The molecule has 0 aliphatic rings. The summed E-state index contributed by atoms with van der Waals surface area (Å²) in [6.07, 6.45) is 2.10. The van der Waals surface area contributed by atoms with Gasteiger partial charge in [0.1, 0.15) is 6.10 Å². The largest absolute Gasteiger partial charge is 0.371 e. The van der Waals surface area contributed by atoms with E-state index in [4.69, 9.17) is 4.74 Å². The molecule has 0 radical (unpaired) electrons. The Morgan fingerprint density at radius 2 is 2.00 bits per heavy atom. The van der Waals surface area contributed by atoms with Crippen molar-refractivity contribution < 1.29 is 9.53 Å². The van der Waals surface area contributed by atoms with Crippen molar-refractivity contribution in [2.24, 2.45) is 0 Å². The van der Waals surface area contributed by atoms with Crippen LogP contribution in [-0.2, 0) is 22.4 Å². The number of carbonyl (C=O) groups is 1. The molecule has 1 atom stereocenters. The van der Waals surface area contributed by atoms with E-state index in [9.17, 15) is 4.79 Å². The fourth-order valence-electron chi connectivity index (χ4n) is 1.63. The lowest BCUT2D eigenvalue weighted by Gasteiger charge is -2.12. The maximum atomic E-state index is 11.9. The number of hydrogen-bond donors (Lipinski definition) is 0. The SMILES string of the molecule is CCOC(CC)C(=O)Cc1ccc(CC)s1. The van der Waals surface area contributed by atoms with Gasteiger partial charge in [0.2, 0.25) is 0 Å². The summed E-state index contributed by atoms with van der Waals surface area (Å²) in [5, 5.41) is 0. The molecule has 0 amide bonds. The Balaban J connectivity index is 2.55. The predicted molar refractivity (Wildman–Crippen MR) is 68.1 cm³/mol. The summed E-state index contributed by atoms with van der Waals surface area (Å²) in [5.74, 6) is 0.203. The molecule has 90 valence electrons. The minimum atomic E-state index is -0.225. The van der Waals surface area contributed by atoms with Crippen molar-refractivity contribution >= 4 is 17.1 Å². The molecule has 0 spiro atoms. The van der Waals surface area contributed by atoms with Crippen LogP contribution in [0, 0.1) is 0 Å². The van der Waals surface area contributed by atoms with Crippen molar-refractivity contribution in [1.29, 1.82) is 0 Å². The third-order valence-electron chi connectivity index (χ3n) is 2.51. The molecule has 1 rings (SSSR count). The highest BCUT2D eigenvalue weighted by molar-refractivity contribution is 7.12. The van der Waals surface area contributed by atoms with Crippen LogP contribution in [0.2, 0.25) is 0 Å². The molecule has 0 fully saturated rings. The standard InChI is InChI=1S/C13H20O2S/c1-4-10-7-8-11(16-10)9-12(14)13(5-2)15-6-3/h7-8,13H,4-6,9H2,1-3H3. The molecule has 0 bridgehead atoms. The van der Waals surface area contributed by atoms with Gasteiger partial charge in [-0.3, -0.25) is 4.79 Å². The fraction of sp³-hybridized carbons (Fsp3) is 0.615. The van der Waals surface area contributed by atoms with E-state index in [1.165, 1.54) is 4.88 Å². The molecule has 0 aromatic carbocycles. The van der Waals surface area contributed by atoms with Gasteiger partial charge >= 0.3 is 0 Å². The van der Waals surface area contributed by atoms with Crippen molar-refractivity contribution in [1.82, 2.24) is 0 Å². The Morgan fingerprint density at radius 3 is 2.50 bits per heavy atom. The number of aryl methyl sites for hydroxylation is 1. The third kappa shape index (κ3) is 3.72. The fourth-order valence-corrected chi connectivity index (χ4v) is 2.60. The number of carbonyl (C=O) groups excluding carboxylic acids is 1. The Labute approximate surface area is 102 Å². The van der Waals surface area contributed by atoms with Gasteiger partial charge in [0, 0.05) is 22.8 Å². The number of rotatable bonds is 7. The predicted octanol–water partition coefficient (Wildman–Crippen LogP) is 3.24. The number of thiophene rings is 1. The molecule has 3 heteroatoms. The Kier molecular flexibility index (Phi) is 5.71. The molecule has 1 aromatic heterocycles. The van der Waals surface area contributed by atoms with Gasteiger partial charge in [0.25, 0.3) is 0 Å². The van der Waals surface area contributed by atoms with Crippen LogP contribution in [0.15, 0.2) is 12.1 Å². The zero-order valence-corrected chi connectivity index (χ0v) is 11.1. The van der Waals surface area contributed by atoms with Gasteiger partial charge in [-0.15, -0.1) is 11.3 Å². The molecule has 0 saturated carbocycles. The van der Waals surface area contributed by atoms with Crippen molar-refractivity contribution in [3.8, 4) is 0 Å². The zero-order valence-electron chi connectivity index (χ0n) is 10.3. The lowest BCUT2D eigenvalue weighted by atomic mass is 10.1. The van der Waals surface area contributed by atoms with Crippen LogP contribution in [0.1, 0.15) is 36.9 Å². The number of ether oxygens (including phenoxy) is 1. The van der Waals surface area contributed by atoms with Crippen LogP contribution in [-0.4, -0.2) is 18.5 Å². The summed E-state index contributed by atoms with van der Waals surface area (Å²) < 4.78 is 5.41. The van der Waals surface area contributed by atoms with E-state index in [1.54, 1.807) is 11.3 Å². The first kappa shape index (κ1) is 13.4. The van der Waals surface area contributed by atoms with Gasteiger partial charge in [-0.05, 0) is 31.9 Å². The Hall–Kier alpha value is -0.670. The van der Waals surface area contributed by atoms with E-state index >= 15 is 0 Å². The third-order valence-corrected chi connectivity index (χ3v) is 3.74. The van der Waals surface area contributed by atoms with Gasteiger partial charge in [0.15, 0.2) is 5.78 Å². The molecular formula is C13H20O2S. The Morgan fingerprint density at radius 1 is 1.31 bits per heavy atom. The quantitative estimate of drug-likeness (QED) is 0.731. The summed E-state index contributed by atoms with van der Waals surface area (Å²) in [5.41, 5.74) is 0. The van der Waals surface area contributed by atoms with Gasteiger partial charge in [-0.1, -0.05) is 13.8 Å². The normalized spacial score (nSPS) is 12.7. The van der Waals surface area contributed by atoms with Crippen LogP contribution in [0.3, 0.4) is 0 Å². The lowest BCUT2D eigenvalue weighted by molar-refractivity contribution is -0.129. The molecule has 1 heterocycles. The van der Waals surface area contributed by atoms with Crippen LogP contribution in [0.4, 0.5) is 0 Å². The smallest absolute Gasteiger partial charge is 0.166 e. The lowest BCUT2D eigenvalue weighted by Crippen LogP contribution is -2.24. The van der Waals surface area contributed by atoms with E-state index < -0.39 is 0 Å². The van der Waals surface area contributed by atoms with E-state index in [0.717, 1.165) is 17.7 Å². The molecular weight excluding hydrogens is 220 g/mol. The molecule has 0 aliphatic carbocycles. The zero-order chi connectivity index (χ0) is 12.0. The monoisotopic (exact) mass is 240 g/mol. The van der Waals surface area contributed by atoms with Crippen molar-refractivity contribution in [2.75, 3.05) is 6.61 Å². The summed E-state index contributed by atoms with van der Waals surface area (Å²) in [6.45, 7) is 6.65. The highest BCUT2D eigenvalue weighted by Crippen LogP contribution is 2.18. The minimum absolute atomic E-state index is 0.203. The van der Waals surface area contributed by atoms with E-state index in [1.807, 2.05) is 13.8 Å². The van der Waals surface area contributed by atoms with E-state index in [0.29, 0.717) is 13.0 Å². The summed E-state index contributed by atoms with van der Waals surface area (Å²) >= 11 is 1.73. The second-order valence-electron chi connectivity index (χ2n) is 3.72. The van der Waals surface area contributed by atoms with Crippen LogP contribution < -0.4 is 0 Å². The van der Waals surface area contributed by atoms with Crippen molar-refractivity contribution in [3.63, 3.8) is 0 Å². The number of hydrogen-bond acceptors (Lipinski definition) is 3. The summed E-state index contributed by atoms with van der Waals surface area (Å²) in [7, 11) is 0. The van der Waals surface area contributed by atoms with Gasteiger partial charge in [-0.25, -0.2) is 0 Å².